The molecule has 1 N–H and O–H groups in total. The highest BCUT2D eigenvalue weighted by Gasteiger charge is 2.29. The fraction of sp³-hybridized carbons (Fsp3) is 0.684. The van der Waals surface area contributed by atoms with Crippen LogP contribution in [0, 0.1) is 18.8 Å². The van der Waals surface area contributed by atoms with Gasteiger partial charge in [0.15, 0.2) is 0 Å². The number of rotatable bonds is 6. The zero-order valence-corrected chi connectivity index (χ0v) is 13.5. The van der Waals surface area contributed by atoms with E-state index in [0.717, 1.165) is 17.9 Å². The van der Waals surface area contributed by atoms with E-state index < -0.39 is 0 Å². The summed E-state index contributed by atoms with van der Waals surface area (Å²) in [6, 6.07) is 9.82. The normalized spacial score (nSPS) is 26.6. The van der Waals surface area contributed by atoms with Gasteiger partial charge < -0.3 is 5.32 Å². The van der Waals surface area contributed by atoms with Crippen LogP contribution < -0.4 is 5.32 Å². The lowest BCUT2D eigenvalue weighted by atomic mass is 9.74. The summed E-state index contributed by atoms with van der Waals surface area (Å²) >= 11 is 0. The molecule has 20 heavy (non-hydrogen) atoms. The van der Waals surface area contributed by atoms with Gasteiger partial charge in [0, 0.05) is 6.04 Å². The fourth-order valence-corrected chi connectivity index (χ4v) is 3.70. The summed E-state index contributed by atoms with van der Waals surface area (Å²) in [7, 11) is 0. The molecule has 0 saturated heterocycles. The Kier molecular flexibility index (Phi) is 6.09. The SMILES string of the molecule is CCCNC1CCC(CC)CC1Cc1cccc(C)c1. The maximum Gasteiger partial charge on any atom is 0.00987 e. The van der Waals surface area contributed by atoms with Gasteiger partial charge in [-0.15, -0.1) is 0 Å². The predicted octanol–water partition coefficient (Wildman–Crippen LogP) is 4.73. The zero-order valence-electron chi connectivity index (χ0n) is 13.5. The molecule has 1 aliphatic carbocycles. The Labute approximate surface area is 125 Å². The Morgan fingerprint density at radius 1 is 1.20 bits per heavy atom. The van der Waals surface area contributed by atoms with E-state index in [2.05, 4.69) is 50.4 Å². The molecule has 3 unspecified atom stereocenters. The third-order valence-electron chi connectivity index (χ3n) is 4.91. The standard InChI is InChI=1S/C19H31N/c1-4-11-20-19-10-9-16(5-2)13-18(19)14-17-8-6-7-15(3)12-17/h6-8,12,16,18-20H,4-5,9-11,13-14H2,1-3H3. The minimum atomic E-state index is 0.735. The van der Waals surface area contributed by atoms with Gasteiger partial charge in [-0.05, 0) is 63.0 Å². The van der Waals surface area contributed by atoms with Crippen LogP contribution in [0.15, 0.2) is 24.3 Å². The molecule has 1 aliphatic rings. The van der Waals surface area contributed by atoms with Crippen LogP contribution in [0.1, 0.15) is 57.1 Å². The summed E-state index contributed by atoms with van der Waals surface area (Å²) in [5.74, 6) is 1.77. The van der Waals surface area contributed by atoms with Crippen molar-refractivity contribution in [3.63, 3.8) is 0 Å². The topological polar surface area (TPSA) is 12.0 Å². The highest BCUT2D eigenvalue weighted by molar-refractivity contribution is 5.23. The lowest BCUT2D eigenvalue weighted by Crippen LogP contribution is -2.41. The lowest BCUT2D eigenvalue weighted by Gasteiger charge is -2.37. The summed E-state index contributed by atoms with van der Waals surface area (Å²) in [6.45, 7) is 7.99. The second kappa shape index (κ2) is 7.83. The summed E-state index contributed by atoms with van der Waals surface area (Å²) in [5, 5.41) is 3.80. The molecular formula is C19H31N. The van der Waals surface area contributed by atoms with Crippen molar-refractivity contribution >= 4 is 0 Å². The van der Waals surface area contributed by atoms with Gasteiger partial charge in [0.25, 0.3) is 0 Å². The Morgan fingerprint density at radius 2 is 2.05 bits per heavy atom. The van der Waals surface area contributed by atoms with Crippen molar-refractivity contribution in [3.8, 4) is 0 Å². The number of hydrogen-bond donors (Lipinski definition) is 1. The van der Waals surface area contributed by atoms with E-state index in [1.165, 1.54) is 56.2 Å². The van der Waals surface area contributed by atoms with Crippen molar-refractivity contribution in [3.05, 3.63) is 35.4 Å². The summed E-state index contributed by atoms with van der Waals surface area (Å²) in [5.41, 5.74) is 2.92. The van der Waals surface area contributed by atoms with Gasteiger partial charge in [-0.2, -0.15) is 0 Å². The lowest BCUT2D eigenvalue weighted by molar-refractivity contribution is 0.198. The van der Waals surface area contributed by atoms with Crippen molar-refractivity contribution in [1.82, 2.24) is 5.32 Å². The van der Waals surface area contributed by atoms with E-state index in [0.29, 0.717) is 0 Å². The van der Waals surface area contributed by atoms with Crippen LogP contribution in [0.4, 0.5) is 0 Å². The van der Waals surface area contributed by atoms with Crippen LogP contribution in [-0.2, 0) is 6.42 Å². The highest BCUT2D eigenvalue weighted by atomic mass is 14.9. The van der Waals surface area contributed by atoms with Gasteiger partial charge in [0.1, 0.15) is 0 Å². The molecule has 0 aliphatic heterocycles. The zero-order chi connectivity index (χ0) is 14.4. The maximum atomic E-state index is 3.80. The molecule has 0 heterocycles. The van der Waals surface area contributed by atoms with E-state index in [-0.39, 0.29) is 0 Å². The quantitative estimate of drug-likeness (QED) is 0.790. The Morgan fingerprint density at radius 3 is 2.75 bits per heavy atom. The molecule has 112 valence electrons. The molecule has 0 bridgehead atoms. The average molecular weight is 273 g/mol. The first kappa shape index (κ1) is 15.6. The molecule has 2 rings (SSSR count). The molecule has 0 radical (unpaired) electrons. The fourth-order valence-electron chi connectivity index (χ4n) is 3.70. The van der Waals surface area contributed by atoms with Crippen molar-refractivity contribution in [1.29, 1.82) is 0 Å². The van der Waals surface area contributed by atoms with Gasteiger partial charge in [-0.3, -0.25) is 0 Å². The Hall–Kier alpha value is -0.820. The van der Waals surface area contributed by atoms with Crippen molar-refractivity contribution in [2.75, 3.05) is 6.54 Å². The van der Waals surface area contributed by atoms with Gasteiger partial charge >= 0.3 is 0 Å². The van der Waals surface area contributed by atoms with E-state index in [1.807, 2.05) is 0 Å². The first-order valence-electron chi connectivity index (χ1n) is 8.51. The van der Waals surface area contributed by atoms with Gasteiger partial charge in [0.2, 0.25) is 0 Å². The third kappa shape index (κ3) is 4.34. The average Bonchev–Trinajstić information content (AvgIpc) is 2.46. The van der Waals surface area contributed by atoms with Crippen LogP contribution in [0.5, 0.6) is 0 Å². The third-order valence-corrected chi connectivity index (χ3v) is 4.91. The molecular weight excluding hydrogens is 242 g/mol. The molecule has 1 nitrogen and oxygen atoms in total. The first-order chi connectivity index (χ1) is 9.72. The second-order valence-corrected chi connectivity index (χ2v) is 6.60. The first-order valence-corrected chi connectivity index (χ1v) is 8.51. The molecule has 1 fully saturated rings. The number of aryl methyl sites for hydroxylation is 1. The van der Waals surface area contributed by atoms with Crippen LogP contribution >= 0.6 is 0 Å². The number of nitrogens with one attached hydrogen (secondary N) is 1. The Bertz CT molecular complexity index is 399. The van der Waals surface area contributed by atoms with E-state index in [4.69, 9.17) is 0 Å². The van der Waals surface area contributed by atoms with E-state index in [1.54, 1.807) is 0 Å². The monoisotopic (exact) mass is 273 g/mol. The minimum absolute atomic E-state index is 0.735. The molecule has 1 heteroatoms. The number of hydrogen-bond acceptors (Lipinski definition) is 1. The molecule has 3 atom stereocenters. The molecule has 0 aromatic heterocycles. The highest BCUT2D eigenvalue weighted by Crippen LogP contribution is 2.33. The van der Waals surface area contributed by atoms with Crippen LogP contribution in [0.25, 0.3) is 0 Å². The number of benzene rings is 1. The predicted molar refractivity (Wildman–Crippen MR) is 88.1 cm³/mol. The van der Waals surface area contributed by atoms with Gasteiger partial charge in [0.05, 0.1) is 0 Å². The molecule has 1 aromatic rings. The van der Waals surface area contributed by atoms with Gasteiger partial charge in [-0.1, -0.05) is 50.1 Å². The maximum absolute atomic E-state index is 3.80. The second-order valence-electron chi connectivity index (χ2n) is 6.60. The van der Waals surface area contributed by atoms with E-state index in [9.17, 15) is 0 Å². The van der Waals surface area contributed by atoms with Crippen LogP contribution in [0.3, 0.4) is 0 Å². The largest absolute Gasteiger partial charge is 0.314 e. The smallest absolute Gasteiger partial charge is 0.00987 e. The molecule has 1 saturated carbocycles. The summed E-state index contributed by atoms with van der Waals surface area (Å²) < 4.78 is 0. The van der Waals surface area contributed by atoms with Crippen LogP contribution in [0.2, 0.25) is 0 Å². The summed E-state index contributed by atoms with van der Waals surface area (Å²) in [4.78, 5) is 0. The van der Waals surface area contributed by atoms with Crippen molar-refractivity contribution < 1.29 is 0 Å². The van der Waals surface area contributed by atoms with Gasteiger partial charge in [-0.25, -0.2) is 0 Å². The Balaban J connectivity index is 2.02. The molecule has 1 aromatic carbocycles. The van der Waals surface area contributed by atoms with Crippen LogP contribution in [-0.4, -0.2) is 12.6 Å². The minimum Gasteiger partial charge on any atom is -0.314 e. The molecule has 0 spiro atoms. The summed E-state index contributed by atoms with van der Waals surface area (Å²) in [6.07, 6.45) is 8.04. The molecule has 0 amide bonds. The van der Waals surface area contributed by atoms with Crippen molar-refractivity contribution in [2.45, 2.75) is 65.3 Å². The van der Waals surface area contributed by atoms with Crippen molar-refractivity contribution in [2.24, 2.45) is 11.8 Å². The van der Waals surface area contributed by atoms with E-state index >= 15 is 0 Å².